The van der Waals surface area contributed by atoms with Crippen LogP contribution in [0.3, 0.4) is 0 Å². The van der Waals surface area contributed by atoms with E-state index in [9.17, 15) is 9.59 Å². The normalized spacial score (nSPS) is 14.2. The third-order valence-electron chi connectivity index (χ3n) is 5.08. The van der Waals surface area contributed by atoms with E-state index in [2.05, 4.69) is 10.6 Å². The van der Waals surface area contributed by atoms with Gasteiger partial charge in [-0.3, -0.25) is 9.59 Å². The Bertz CT molecular complexity index is 913. The lowest BCUT2D eigenvalue weighted by Crippen LogP contribution is -3.11. The van der Waals surface area contributed by atoms with Gasteiger partial charge in [0.1, 0.15) is 0 Å². The summed E-state index contributed by atoms with van der Waals surface area (Å²) in [6, 6.07) is 11.3. The summed E-state index contributed by atoms with van der Waals surface area (Å²) in [6.45, 7) is 6.53. The molecule has 2 atom stereocenters. The number of amides is 2. The van der Waals surface area contributed by atoms with Crippen molar-refractivity contribution in [3.05, 3.63) is 53.1 Å². The summed E-state index contributed by atoms with van der Waals surface area (Å²) < 4.78 is 10.7. The van der Waals surface area contributed by atoms with Crippen LogP contribution in [0.25, 0.3) is 0 Å². The Morgan fingerprint density at radius 1 is 1.07 bits per heavy atom. The highest BCUT2D eigenvalue weighted by atomic mass is 16.7. The molecule has 3 N–H and O–H groups in total. The SMILES string of the molecule is Cc1cccc(NC(=O)C[NH+](C)CC(=O)N[C@H](C)c2ccc3c(c2)OCO3)c1C. The van der Waals surface area contributed by atoms with Crippen molar-refractivity contribution < 1.29 is 24.0 Å². The summed E-state index contributed by atoms with van der Waals surface area (Å²) in [5.74, 6) is 1.17. The van der Waals surface area contributed by atoms with Gasteiger partial charge in [-0.2, -0.15) is 0 Å². The Labute approximate surface area is 171 Å². The maximum absolute atomic E-state index is 12.4. The fraction of sp³-hybridized carbons (Fsp3) is 0.364. The molecule has 7 heteroatoms. The maximum atomic E-state index is 12.4. The zero-order valence-corrected chi connectivity index (χ0v) is 17.3. The minimum absolute atomic E-state index is 0.118. The largest absolute Gasteiger partial charge is 0.454 e. The number of quaternary nitrogens is 1. The molecule has 3 rings (SSSR count). The van der Waals surface area contributed by atoms with Gasteiger partial charge in [0.05, 0.1) is 13.1 Å². The lowest BCUT2D eigenvalue weighted by molar-refractivity contribution is -0.862. The minimum Gasteiger partial charge on any atom is -0.454 e. The number of carbonyl (C=O) groups is 2. The summed E-state index contributed by atoms with van der Waals surface area (Å²) in [5.41, 5.74) is 3.92. The van der Waals surface area contributed by atoms with E-state index in [-0.39, 0.29) is 37.7 Å². The van der Waals surface area contributed by atoms with Crippen molar-refractivity contribution >= 4 is 17.5 Å². The molecule has 1 aliphatic rings. The number of hydrogen-bond donors (Lipinski definition) is 3. The number of benzene rings is 2. The van der Waals surface area contributed by atoms with Gasteiger partial charge in [0, 0.05) is 5.69 Å². The number of ether oxygens (including phenoxy) is 2. The van der Waals surface area contributed by atoms with Gasteiger partial charge in [0.2, 0.25) is 6.79 Å². The first-order valence-corrected chi connectivity index (χ1v) is 9.69. The van der Waals surface area contributed by atoms with Gasteiger partial charge in [-0.15, -0.1) is 0 Å². The lowest BCUT2D eigenvalue weighted by atomic mass is 10.1. The van der Waals surface area contributed by atoms with Crippen molar-refractivity contribution in [2.45, 2.75) is 26.8 Å². The number of carbonyl (C=O) groups excluding carboxylic acids is 2. The molecule has 0 aromatic heterocycles. The smallest absolute Gasteiger partial charge is 0.279 e. The van der Waals surface area contributed by atoms with E-state index in [1.807, 2.05) is 64.2 Å². The first-order valence-electron chi connectivity index (χ1n) is 9.69. The van der Waals surface area contributed by atoms with Gasteiger partial charge in [0.15, 0.2) is 24.6 Å². The molecule has 0 fully saturated rings. The van der Waals surface area contributed by atoms with Gasteiger partial charge in [-0.25, -0.2) is 0 Å². The van der Waals surface area contributed by atoms with Crippen LogP contribution in [0.4, 0.5) is 5.69 Å². The van der Waals surface area contributed by atoms with Crippen LogP contribution < -0.4 is 25.0 Å². The molecule has 1 heterocycles. The molecule has 0 spiro atoms. The molecule has 7 nitrogen and oxygen atoms in total. The van der Waals surface area contributed by atoms with Crippen molar-refractivity contribution in [3.63, 3.8) is 0 Å². The van der Waals surface area contributed by atoms with Crippen LogP contribution in [-0.2, 0) is 9.59 Å². The van der Waals surface area contributed by atoms with E-state index in [1.54, 1.807) is 0 Å². The monoisotopic (exact) mass is 398 g/mol. The second kappa shape index (κ2) is 8.96. The molecule has 0 saturated carbocycles. The van der Waals surface area contributed by atoms with Crippen molar-refractivity contribution in [2.75, 3.05) is 32.2 Å². The standard InChI is InChI=1S/C22H27N3O4/c1-14-6-5-7-18(15(14)2)24-22(27)12-25(4)11-21(26)23-16(3)17-8-9-19-20(10-17)29-13-28-19/h5-10,16H,11-13H2,1-4H3,(H,23,26)(H,24,27)/p+1/t16-/m1/s1. The number of aryl methyl sites for hydroxylation is 1. The molecule has 0 saturated heterocycles. The Hall–Kier alpha value is -3.06. The van der Waals surface area contributed by atoms with Gasteiger partial charge >= 0.3 is 0 Å². The third-order valence-corrected chi connectivity index (χ3v) is 5.08. The third kappa shape index (κ3) is 5.26. The van der Waals surface area contributed by atoms with Crippen molar-refractivity contribution in [1.29, 1.82) is 0 Å². The Morgan fingerprint density at radius 3 is 2.59 bits per heavy atom. The number of anilines is 1. The Morgan fingerprint density at radius 2 is 1.79 bits per heavy atom. The van der Waals surface area contributed by atoms with Crippen molar-refractivity contribution in [1.82, 2.24) is 5.32 Å². The summed E-state index contributed by atoms with van der Waals surface area (Å²) >= 11 is 0. The number of fused-ring (bicyclic) bond motifs is 1. The quantitative estimate of drug-likeness (QED) is 0.658. The molecule has 1 aliphatic heterocycles. The number of hydrogen-bond acceptors (Lipinski definition) is 4. The predicted molar refractivity (Wildman–Crippen MR) is 110 cm³/mol. The van der Waals surface area contributed by atoms with E-state index in [0.717, 1.165) is 27.3 Å². The van der Waals surface area contributed by atoms with Crippen LogP contribution in [0.1, 0.15) is 29.7 Å². The predicted octanol–water partition coefficient (Wildman–Crippen LogP) is 1.36. The number of nitrogens with one attached hydrogen (secondary N) is 3. The zero-order chi connectivity index (χ0) is 21.0. The number of rotatable bonds is 7. The van der Waals surface area contributed by atoms with Gasteiger partial charge in [-0.1, -0.05) is 18.2 Å². The highest BCUT2D eigenvalue weighted by Gasteiger charge is 2.19. The van der Waals surface area contributed by atoms with E-state index >= 15 is 0 Å². The fourth-order valence-corrected chi connectivity index (χ4v) is 3.25. The van der Waals surface area contributed by atoms with Crippen LogP contribution in [0.15, 0.2) is 36.4 Å². The van der Waals surface area contributed by atoms with Gasteiger partial charge < -0.3 is 25.0 Å². The van der Waals surface area contributed by atoms with Gasteiger partial charge in [-0.05, 0) is 55.7 Å². The summed E-state index contributed by atoms with van der Waals surface area (Å²) in [6.07, 6.45) is 0. The summed E-state index contributed by atoms with van der Waals surface area (Å²) in [7, 11) is 1.83. The molecule has 0 radical (unpaired) electrons. The first kappa shape index (κ1) is 20.7. The zero-order valence-electron chi connectivity index (χ0n) is 17.3. The second-order valence-electron chi connectivity index (χ2n) is 7.51. The van der Waals surface area contributed by atoms with Crippen LogP contribution in [0.5, 0.6) is 11.5 Å². The summed E-state index contributed by atoms with van der Waals surface area (Å²) in [4.78, 5) is 25.5. The highest BCUT2D eigenvalue weighted by Crippen LogP contribution is 2.34. The molecule has 1 unspecified atom stereocenters. The van der Waals surface area contributed by atoms with Gasteiger partial charge in [0.25, 0.3) is 11.8 Å². The van der Waals surface area contributed by atoms with E-state index in [0.29, 0.717) is 11.5 Å². The molecular formula is C22H28N3O4+. The van der Waals surface area contributed by atoms with Crippen LogP contribution in [0.2, 0.25) is 0 Å². The molecule has 29 heavy (non-hydrogen) atoms. The van der Waals surface area contributed by atoms with Crippen LogP contribution in [-0.4, -0.2) is 38.7 Å². The lowest BCUT2D eigenvalue weighted by Gasteiger charge is -2.18. The minimum atomic E-state index is -0.173. The van der Waals surface area contributed by atoms with E-state index in [1.165, 1.54) is 0 Å². The average molecular weight is 398 g/mol. The molecule has 2 amide bonds. The molecule has 154 valence electrons. The number of likely N-dealkylation sites (N-methyl/N-ethyl adjacent to an activating group) is 1. The highest BCUT2D eigenvalue weighted by molar-refractivity contribution is 5.92. The molecular weight excluding hydrogens is 370 g/mol. The van der Waals surface area contributed by atoms with Crippen molar-refractivity contribution in [2.24, 2.45) is 0 Å². The van der Waals surface area contributed by atoms with Crippen LogP contribution >= 0.6 is 0 Å². The fourth-order valence-electron chi connectivity index (χ4n) is 3.25. The first-order chi connectivity index (χ1) is 13.8. The molecule has 2 aromatic rings. The maximum Gasteiger partial charge on any atom is 0.279 e. The van der Waals surface area contributed by atoms with E-state index < -0.39 is 0 Å². The van der Waals surface area contributed by atoms with E-state index in [4.69, 9.17) is 9.47 Å². The second-order valence-corrected chi connectivity index (χ2v) is 7.51. The summed E-state index contributed by atoms with van der Waals surface area (Å²) in [5, 5.41) is 5.90. The Kier molecular flexibility index (Phi) is 6.39. The average Bonchev–Trinajstić information content (AvgIpc) is 3.12. The van der Waals surface area contributed by atoms with Crippen LogP contribution in [0, 0.1) is 13.8 Å². The molecule has 2 aromatic carbocycles. The van der Waals surface area contributed by atoms with Crippen molar-refractivity contribution in [3.8, 4) is 11.5 Å². The molecule has 0 aliphatic carbocycles. The molecule has 0 bridgehead atoms. The Balaban J connectivity index is 1.48. The topological polar surface area (TPSA) is 81.1 Å².